The van der Waals surface area contributed by atoms with Crippen LogP contribution in [0.15, 0.2) is 66.7 Å². The molecular formula is C22H20ClNO2. The highest BCUT2D eigenvalue weighted by Gasteiger charge is 2.04. The van der Waals surface area contributed by atoms with Crippen LogP contribution in [0.4, 0.5) is 11.4 Å². The lowest BCUT2D eigenvalue weighted by Crippen LogP contribution is -1.98. The maximum atomic E-state index is 11.0. The molecule has 0 saturated carbocycles. The normalized spacial score (nSPS) is 10.5. The van der Waals surface area contributed by atoms with E-state index in [4.69, 9.17) is 16.7 Å². The number of carboxylic acids is 1. The number of halogens is 1. The number of aromatic carboxylic acids is 1. The lowest BCUT2D eigenvalue weighted by molar-refractivity contribution is 0.0697. The van der Waals surface area contributed by atoms with Gasteiger partial charge in [-0.3, -0.25) is 0 Å². The van der Waals surface area contributed by atoms with Crippen molar-refractivity contribution in [2.75, 3.05) is 5.32 Å². The van der Waals surface area contributed by atoms with Gasteiger partial charge in [0.2, 0.25) is 0 Å². The first-order chi connectivity index (χ1) is 12.5. The van der Waals surface area contributed by atoms with Gasteiger partial charge in [0.25, 0.3) is 0 Å². The minimum Gasteiger partial charge on any atom is -0.478 e. The van der Waals surface area contributed by atoms with Crippen LogP contribution in [0.25, 0.3) is 0 Å². The largest absolute Gasteiger partial charge is 0.478 e. The number of hydrogen-bond acceptors (Lipinski definition) is 2. The van der Waals surface area contributed by atoms with Crippen molar-refractivity contribution >= 4 is 28.9 Å². The average Bonchev–Trinajstić information content (AvgIpc) is 2.64. The highest BCUT2D eigenvalue weighted by atomic mass is 35.5. The molecule has 0 amide bonds. The van der Waals surface area contributed by atoms with Gasteiger partial charge in [-0.05, 0) is 72.9 Å². The zero-order valence-corrected chi connectivity index (χ0v) is 15.3. The van der Waals surface area contributed by atoms with Gasteiger partial charge >= 0.3 is 5.97 Å². The van der Waals surface area contributed by atoms with E-state index in [2.05, 4.69) is 29.6 Å². The summed E-state index contributed by atoms with van der Waals surface area (Å²) in [4.78, 5) is 11.0. The van der Waals surface area contributed by atoms with Crippen molar-refractivity contribution in [3.63, 3.8) is 0 Å². The molecule has 132 valence electrons. The predicted molar refractivity (Wildman–Crippen MR) is 107 cm³/mol. The van der Waals surface area contributed by atoms with Gasteiger partial charge in [0.15, 0.2) is 0 Å². The van der Waals surface area contributed by atoms with Crippen LogP contribution in [0.1, 0.15) is 27.0 Å². The number of benzene rings is 3. The van der Waals surface area contributed by atoms with Gasteiger partial charge in [-0.25, -0.2) is 4.79 Å². The van der Waals surface area contributed by atoms with Crippen molar-refractivity contribution in [2.24, 2.45) is 0 Å². The van der Waals surface area contributed by atoms with Gasteiger partial charge < -0.3 is 10.4 Å². The molecule has 0 bridgehead atoms. The smallest absolute Gasteiger partial charge is 0.335 e. The summed E-state index contributed by atoms with van der Waals surface area (Å²) < 4.78 is 0. The molecule has 0 aromatic heterocycles. The van der Waals surface area contributed by atoms with E-state index in [9.17, 15) is 4.79 Å². The molecule has 0 fully saturated rings. The SMILES string of the molecule is Cc1ccc(CCc2ccc(Nc3cccc(C(=O)O)c3)cc2)cc1Cl. The van der Waals surface area contributed by atoms with Crippen LogP contribution in [0, 0.1) is 6.92 Å². The molecule has 3 aromatic rings. The van der Waals surface area contributed by atoms with Crippen LogP contribution in [-0.2, 0) is 12.8 Å². The van der Waals surface area contributed by atoms with E-state index in [0.717, 1.165) is 34.8 Å². The Labute approximate surface area is 158 Å². The zero-order chi connectivity index (χ0) is 18.5. The molecule has 3 rings (SSSR count). The highest BCUT2D eigenvalue weighted by molar-refractivity contribution is 6.31. The first-order valence-electron chi connectivity index (χ1n) is 8.45. The summed E-state index contributed by atoms with van der Waals surface area (Å²) >= 11 is 6.18. The van der Waals surface area contributed by atoms with Crippen molar-refractivity contribution in [3.8, 4) is 0 Å². The Kier molecular flexibility index (Phi) is 5.59. The third-order valence-corrected chi connectivity index (χ3v) is 4.70. The summed E-state index contributed by atoms with van der Waals surface area (Å²) in [5, 5.41) is 13.1. The Morgan fingerprint density at radius 2 is 1.62 bits per heavy atom. The third kappa shape index (κ3) is 4.64. The van der Waals surface area contributed by atoms with Crippen LogP contribution < -0.4 is 5.32 Å². The second-order valence-electron chi connectivity index (χ2n) is 6.29. The van der Waals surface area contributed by atoms with Gasteiger partial charge in [-0.2, -0.15) is 0 Å². The molecule has 0 heterocycles. The molecule has 0 aliphatic rings. The summed E-state index contributed by atoms with van der Waals surface area (Å²) in [5.74, 6) is -0.930. The maximum absolute atomic E-state index is 11.0. The Hall–Kier alpha value is -2.78. The number of aryl methyl sites for hydroxylation is 3. The minimum absolute atomic E-state index is 0.267. The van der Waals surface area contributed by atoms with Crippen molar-refractivity contribution in [1.82, 2.24) is 0 Å². The summed E-state index contributed by atoms with van der Waals surface area (Å²) in [6.45, 7) is 2.00. The first kappa shape index (κ1) is 18.0. The monoisotopic (exact) mass is 365 g/mol. The van der Waals surface area contributed by atoms with Crippen LogP contribution >= 0.6 is 11.6 Å². The van der Waals surface area contributed by atoms with Gasteiger partial charge in [0.1, 0.15) is 0 Å². The molecule has 0 aliphatic carbocycles. The maximum Gasteiger partial charge on any atom is 0.335 e. The van der Waals surface area contributed by atoms with E-state index in [-0.39, 0.29) is 5.56 Å². The van der Waals surface area contributed by atoms with E-state index in [1.165, 1.54) is 11.1 Å². The molecule has 0 saturated heterocycles. The summed E-state index contributed by atoms with van der Waals surface area (Å²) in [5.41, 5.74) is 5.52. The molecule has 3 aromatic carbocycles. The molecule has 0 atom stereocenters. The zero-order valence-electron chi connectivity index (χ0n) is 14.5. The number of anilines is 2. The Morgan fingerprint density at radius 1 is 0.923 bits per heavy atom. The first-order valence-corrected chi connectivity index (χ1v) is 8.83. The van der Waals surface area contributed by atoms with Crippen molar-refractivity contribution in [2.45, 2.75) is 19.8 Å². The topological polar surface area (TPSA) is 49.3 Å². The fourth-order valence-electron chi connectivity index (χ4n) is 2.73. The molecule has 26 heavy (non-hydrogen) atoms. The third-order valence-electron chi connectivity index (χ3n) is 4.29. The molecule has 0 spiro atoms. The van der Waals surface area contributed by atoms with Crippen LogP contribution in [0.5, 0.6) is 0 Å². The fraction of sp³-hybridized carbons (Fsp3) is 0.136. The quantitative estimate of drug-likeness (QED) is 0.573. The molecule has 0 radical (unpaired) electrons. The van der Waals surface area contributed by atoms with Crippen molar-refractivity contribution in [3.05, 3.63) is 94.0 Å². The van der Waals surface area contributed by atoms with E-state index in [1.807, 2.05) is 31.2 Å². The molecule has 4 heteroatoms. The second kappa shape index (κ2) is 8.07. The summed E-state index contributed by atoms with van der Waals surface area (Å²) in [6.07, 6.45) is 1.88. The molecular weight excluding hydrogens is 346 g/mol. The number of carbonyl (C=O) groups is 1. The molecule has 0 unspecified atom stereocenters. The molecule has 0 aliphatic heterocycles. The van der Waals surface area contributed by atoms with E-state index < -0.39 is 5.97 Å². The Morgan fingerprint density at radius 3 is 2.31 bits per heavy atom. The van der Waals surface area contributed by atoms with Crippen LogP contribution in [0.2, 0.25) is 5.02 Å². The summed E-state index contributed by atoms with van der Waals surface area (Å²) in [6, 6.07) is 21.2. The number of rotatable bonds is 6. The van der Waals surface area contributed by atoms with E-state index >= 15 is 0 Å². The van der Waals surface area contributed by atoms with E-state index in [0.29, 0.717) is 0 Å². The number of hydrogen-bond donors (Lipinski definition) is 2. The lowest BCUT2D eigenvalue weighted by atomic mass is 10.0. The van der Waals surface area contributed by atoms with Crippen molar-refractivity contribution in [1.29, 1.82) is 0 Å². The van der Waals surface area contributed by atoms with Gasteiger partial charge in [0, 0.05) is 16.4 Å². The highest BCUT2D eigenvalue weighted by Crippen LogP contribution is 2.20. The van der Waals surface area contributed by atoms with Crippen LogP contribution in [0.3, 0.4) is 0 Å². The van der Waals surface area contributed by atoms with Crippen molar-refractivity contribution < 1.29 is 9.90 Å². The molecule has 3 nitrogen and oxygen atoms in total. The van der Waals surface area contributed by atoms with E-state index in [1.54, 1.807) is 18.2 Å². The van der Waals surface area contributed by atoms with Gasteiger partial charge in [0.05, 0.1) is 5.56 Å². The molecule has 2 N–H and O–H groups in total. The lowest BCUT2D eigenvalue weighted by Gasteiger charge is -2.09. The predicted octanol–water partition coefficient (Wildman–Crippen LogP) is 5.88. The number of nitrogens with one attached hydrogen (secondary N) is 1. The van der Waals surface area contributed by atoms with Gasteiger partial charge in [-0.1, -0.05) is 41.9 Å². The van der Waals surface area contributed by atoms with Gasteiger partial charge in [-0.15, -0.1) is 0 Å². The standard InChI is InChI=1S/C22H20ClNO2/c1-15-5-6-17(13-21(15)23)8-7-16-9-11-19(12-10-16)24-20-4-2-3-18(14-20)22(25)26/h2-6,9-14,24H,7-8H2,1H3,(H,25,26). The Balaban J connectivity index is 1.62. The average molecular weight is 366 g/mol. The minimum atomic E-state index is -0.930. The fourth-order valence-corrected chi connectivity index (χ4v) is 2.94. The van der Waals surface area contributed by atoms with Crippen LogP contribution in [-0.4, -0.2) is 11.1 Å². The summed E-state index contributed by atoms with van der Waals surface area (Å²) in [7, 11) is 0. The second-order valence-corrected chi connectivity index (χ2v) is 6.70. The number of carboxylic acid groups (broad SMARTS) is 1. The Bertz CT molecular complexity index is 920.